The quantitative estimate of drug-likeness (QED) is 0.811. The molecule has 0 heterocycles. The molecule has 1 rings (SSSR count). The van der Waals surface area contributed by atoms with Crippen LogP contribution in [-0.2, 0) is 9.59 Å². The van der Waals surface area contributed by atoms with Gasteiger partial charge in [0.2, 0.25) is 5.91 Å². The number of hydrogen-bond donors (Lipinski definition) is 2. The minimum atomic E-state index is -0.853. The van der Waals surface area contributed by atoms with E-state index in [2.05, 4.69) is 26.1 Å². The number of carboxylic acids is 1. The maximum Gasteiger partial charge on any atom is 0.303 e. The van der Waals surface area contributed by atoms with Crippen LogP contribution in [0.2, 0.25) is 0 Å². The third kappa shape index (κ3) is 7.75. The Bertz CT molecular complexity index is 468. The highest BCUT2D eigenvalue weighted by Gasteiger charge is 2.18. The van der Waals surface area contributed by atoms with Crippen LogP contribution in [0.1, 0.15) is 45.2 Å². The lowest BCUT2D eigenvalue weighted by Gasteiger charge is -2.21. The van der Waals surface area contributed by atoms with E-state index >= 15 is 0 Å². The maximum absolute atomic E-state index is 12.0. The fourth-order valence-corrected chi connectivity index (χ4v) is 2.44. The van der Waals surface area contributed by atoms with Gasteiger partial charge < -0.3 is 10.4 Å². The first-order chi connectivity index (χ1) is 9.78. The van der Waals surface area contributed by atoms with Crippen molar-refractivity contribution in [1.29, 1.82) is 0 Å². The summed E-state index contributed by atoms with van der Waals surface area (Å²) in [7, 11) is 0. The van der Waals surface area contributed by atoms with E-state index in [1.54, 1.807) is 11.8 Å². The number of thioether (sulfide) groups is 1. The van der Waals surface area contributed by atoms with E-state index in [1.807, 2.05) is 30.3 Å². The molecule has 0 aliphatic carbocycles. The molecule has 1 atom stereocenters. The Morgan fingerprint density at radius 3 is 2.38 bits per heavy atom. The topological polar surface area (TPSA) is 66.4 Å². The van der Waals surface area contributed by atoms with E-state index in [4.69, 9.17) is 5.11 Å². The number of aliphatic carboxylic acids is 1. The molecule has 0 radical (unpaired) electrons. The van der Waals surface area contributed by atoms with Crippen molar-refractivity contribution in [2.24, 2.45) is 0 Å². The summed E-state index contributed by atoms with van der Waals surface area (Å²) < 4.78 is 0.0284. The SMILES string of the molecule is CC(C)(C)SCC(=O)NC(CCC(=O)O)c1ccccc1. The molecule has 0 bridgehead atoms. The van der Waals surface area contributed by atoms with Gasteiger partial charge in [-0.05, 0) is 12.0 Å². The van der Waals surface area contributed by atoms with E-state index in [0.29, 0.717) is 12.2 Å². The number of carbonyl (C=O) groups is 2. The van der Waals surface area contributed by atoms with Crippen LogP contribution in [0.3, 0.4) is 0 Å². The van der Waals surface area contributed by atoms with Crippen molar-refractivity contribution in [1.82, 2.24) is 5.32 Å². The van der Waals surface area contributed by atoms with Gasteiger partial charge in [-0.3, -0.25) is 9.59 Å². The molecule has 5 heteroatoms. The van der Waals surface area contributed by atoms with Gasteiger partial charge in [-0.1, -0.05) is 51.1 Å². The van der Waals surface area contributed by atoms with Gasteiger partial charge in [-0.25, -0.2) is 0 Å². The second kappa shape index (κ2) is 8.08. The Hall–Kier alpha value is -1.49. The predicted molar refractivity (Wildman–Crippen MR) is 86.4 cm³/mol. The molecule has 0 saturated heterocycles. The first kappa shape index (κ1) is 17.6. The summed E-state index contributed by atoms with van der Waals surface area (Å²) in [6.45, 7) is 6.18. The molecule has 0 spiro atoms. The van der Waals surface area contributed by atoms with Crippen molar-refractivity contribution in [3.8, 4) is 0 Å². The van der Waals surface area contributed by atoms with Gasteiger partial charge in [0.25, 0.3) is 0 Å². The third-order valence-corrected chi connectivity index (χ3v) is 4.09. The van der Waals surface area contributed by atoms with E-state index in [1.165, 1.54) is 0 Å². The number of carbonyl (C=O) groups excluding carboxylic acids is 1. The molecule has 0 fully saturated rings. The van der Waals surface area contributed by atoms with Crippen LogP contribution in [-0.4, -0.2) is 27.5 Å². The first-order valence-corrected chi connectivity index (χ1v) is 7.96. The standard InChI is InChI=1S/C16H23NO3S/c1-16(2,3)21-11-14(18)17-13(9-10-15(19)20)12-7-5-4-6-8-12/h4-8,13H,9-11H2,1-3H3,(H,17,18)(H,19,20). The fourth-order valence-electron chi connectivity index (χ4n) is 1.79. The van der Waals surface area contributed by atoms with Crippen LogP contribution in [0.4, 0.5) is 0 Å². The lowest BCUT2D eigenvalue weighted by molar-refractivity contribution is -0.137. The summed E-state index contributed by atoms with van der Waals surface area (Å²) in [6, 6.07) is 9.23. The minimum absolute atomic E-state index is 0.0284. The molecule has 0 aliphatic rings. The van der Waals surface area contributed by atoms with Crippen LogP contribution in [0.15, 0.2) is 30.3 Å². The summed E-state index contributed by atoms with van der Waals surface area (Å²) in [5.41, 5.74) is 0.938. The molecule has 0 aliphatic heterocycles. The summed E-state index contributed by atoms with van der Waals surface area (Å²) in [4.78, 5) is 22.8. The van der Waals surface area contributed by atoms with Crippen LogP contribution >= 0.6 is 11.8 Å². The normalized spacial score (nSPS) is 12.7. The van der Waals surface area contributed by atoms with Gasteiger partial charge >= 0.3 is 5.97 Å². The molecule has 4 nitrogen and oxygen atoms in total. The Morgan fingerprint density at radius 1 is 1.24 bits per heavy atom. The Labute approximate surface area is 130 Å². The van der Waals surface area contributed by atoms with Crippen molar-refractivity contribution in [3.63, 3.8) is 0 Å². The minimum Gasteiger partial charge on any atom is -0.481 e. The largest absolute Gasteiger partial charge is 0.481 e. The highest BCUT2D eigenvalue weighted by atomic mass is 32.2. The predicted octanol–water partition coefficient (Wildman–Crippen LogP) is 3.24. The Balaban J connectivity index is 2.64. The van der Waals surface area contributed by atoms with Crippen molar-refractivity contribution in [2.75, 3.05) is 5.75 Å². The van der Waals surface area contributed by atoms with Crippen molar-refractivity contribution >= 4 is 23.6 Å². The van der Waals surface area contributed by atoms with Crippen molar-refractivity contribution in [3.05, 3.63) is 35.9 Å². The second-order valence-electron chi connectivity index (χ2n) is 5.86. The van der Waals surface area contributed by atoms with E-state index in [9.17, 15) is 9.59 Å². The highest BCUT2D eigenvalue weighted by molar-refractivity contribution is 8.01. The van der Waals surface area contributed by atoms with E-state index in [-0.39, 0.29) is 23.1 Å². The lowest BCUT2D eigenvalue weighted by atomic mass is 10.0. The van der Waals surface area contributed by atoms with Gasteiger partial charge in [0, 0.05) is 11.2 Å². The van der Waals surface area contributed by atoms with Gasteiger partial charge in [0.15, 0.2) is 0 Å². The number of nitrogens with one attached hydrogen (secondary N) is 1. The monoisotopic (exact) mass is 309 g/mol. The zero-order chi connectivity index (χ0) is 15.9. The Morgan fingerprint density at radius 2 is 1.86 bits per heavy atom. The maximum atomic E-state index is 12.0. The molecule has 1 aromatic carbocycles. The highest BCUT2D eigenvalue weighted by Crippen LogP contribution is 2.23. The summed E-state index contributed by atoms with van der Waals surface area (Å²) >= 11 is 1.57. The lowest BCUT2D eigenvalue weighted by Crippen LogP contribution is -2.31. The number of hydrogen-bond acceptors (Lipinski definition) is 3. The smallest absolute Gasteiger partial charge is 0.303 e. The van der Waals surface area contributed by atoms with E-state index < -0.39 is 5.97 Å². The van der Waals surface area contributed by atoms with Gasteiger partial charge in [-0.2, -0.15) is 0 Å². The molecule has 1 amide bonds. The Kier molecular flexibility index (Phi) is 6.75. The van der Waals surface area contributed by atoms with Crippen LogP contribution in [0.25, 0.3) is 0 Å². The molecular weight excluding hydrogens is 286 g/mol. The summed E-state index contributed by atoms with van der Waals surface area (Å²) in [6.07, 6.45) is 0.428. The zero-order valence-electron chi connectivity index (χ0n) is 12.8. The van der Waals surface area contributed by atoms with Crippen molar-refractivity contribution < 1.29 is 14.7 Å². The van der Waals surface area contributed by atoms with E-state index in [0.717, 1.165) is 5.56 Å². The summed E-state index contributed by atoms with van der Waals surface area (Å²) in [5.74, 6) is -0.539. The molecule has 21 heavy (non-hydrogen) atoms. The van der Waals surface area contributed by atoms with Crippen LogP contribution < -0.4 is 5.32 Å². The average Bonchev–Trinajstić information content (AvgIpc) is 2.41. The molecule has 116 valence electrons. The average molecular weight is 309 g/mol. The summed E-state index contributed by atoms with van der Waals surface area (Å²) in [5, 5.41) is 11.8. The second-order valence-corrected chi connectivity index (χ2v) is 7.67. The molecule has 0 aromatic heterocycles. The third-order valence-electron chi connectivity index (χ3n) is 2.82. The number of carboxylic acid groups (broad SMARTS) is 1. The number of rotatable bonds is 7. The van der Waals surface area contributed by atoms with Gasteiger partial charge in [0.05, 0.1) is 11.8 Å². The number of amides is 1. The molecule has 1 unspecified atom stereocenters. The van der Waals surface area contributed by atoms with Gasteiger partial charge in [0.1, 0.15) is 0 Å². The van der Waals surface area contributed by atoms with Crippen LogP contribution in [0.5, 0.6) is 0 Å². The zero-order valence-corrected chi connectivity index (χ0v) is 13.6. The molecular formula is C16H23NO3S. The van der Waals surface area contributed by atoms with Crippen LogP contribution in [0, 0.1) is 0 Å². The van der Waals surface area contributed by atoms with Gasteiger partial charge in [-0.15, -0.1) is 11.8 Å². The molecule has 0 saturated carbocycles. The molecule has 1 aromatic rings. The fraction of sp³-hybridized carbons (Fsp3) is 0.500. The first-order valence-electron chi connectivity index (χ1n) is 6.98. The number of benzene rings is 1. The molecule has 2 N–H and O–H groups in total. The van der Waals surface area contributed by atoms with Crippen molar-refractivity contribution in [2.45, 2.75) is 44.4 Å².